The van der Waals surface area contributed by atoms with Gasteiger partial charge < -0.3 is 5.32 Å². The zero-order valence-corrected chi connectivity index (χ0v) is 14.9. The normalized spacial score (nSPS) is 11.0. The third kappa shape index (κ3) is 3.83. The summed E-state index contributed by atoms with van der Waals surface area (Å²) in [6.07, 6.45) is 2.63. The van der Waals surface area contributed by atoms with Crippen LogP contribution in [0.5, 0.6) is 0 Å². The highest BCUT2D eigenvalue weighted by molar-refractivity contribution is 6.37. The van der Waals surface area contributed by atoms with Crippen LogP contribution in [0.3, 0.4) is 0 Å². The minimum Gasteiger partial charge on any atom is -0.306 e. The number of nitrogens with zero attached hydrogens (tertiary/aromatic N) is 3. The van der Waals surface area contributed by atoms with Crippen molar-refractivity contribution in [2.24, 2.45) is 0 Å². The van der Waals surface area contributed by atoms with Crippen LogP contribution < -0.4 is 10.9 Å². The van der Waals surface area contributed by atoms with Gasteiger partial charge in [-0.25, -0.2) is 0 Å². The largest absolute Gasteiger partial charge is 0.306 e. The summed E-state index contributed by atoms with van der Waals surface area (Å²) in [5, 5.41) is 7.63. The van der Waals surface area contributed by atoms with Crippen molar-refractivity contribution >= 4 is 40.7 Å². The molecule has 0 fully saturated rings. The molecule has 2 aromatic heterocycles. The fraction of sp³-hybridized carbons (Fsp3) is 0.250. The summed E-state index contributed by atoms with van der Waals surface area (Å²) in [5.41, 5.74) is -0.148. The lowest BCUT2D eigenvalue weighted by atomic mass is 10.2. The topological polar surface area (TPSA) is 92.1 Å². The van der Waals surface area contributed by atoms with E-state index in [2.05, 4.69) is 27.3 Å². The Hall–Kier alpha value is -2.38. The van der Waals surface area contributed by atoms with Crippen molar-refractivity contribution in [3.8, 4) is 0 Å². The molecule has 0 bridgehead atoms. The molecule has 1 amide bonds. The molecule has 0 radical (unpaired) electrons. The molecule has 1 aromatic carbocycles. The first-order valence-electron chi connectivity index (χ1n) is 7.73. The highest BCUT2D eigenvalue weighted by atomic mass is 35.5. The molecule has 3 rings (SSSR count). The number of aromatic amines is 1. The molecular formula is C16H15Cl2N5O2. The van der Waals surface area contributed by atoms with Gasteiger partial charge in [0.1, 0.15) is 5.82 Å². The maximum Gasteiger partial charge on any atom is 0.258 e. The van der Waals surface area contributed by atoms with Crippen LogP contribution >= 0.6 is 23.2 Å². The first-order valence-corrected chi connectivity index (χ1v) is 8.49. The van der Waals surface area contributed by atoms with E-state index in [0.717, 1.165) is 12.8 Å². The van der Waals surface area contributed by atoms with Crippen LogP contribution in [0, 0.1) is 0 Å². The van der Waals surface area contributed by atoms with E-state index < -0.39 is 5.91 Å². The van der Waals surface area contributed by atoms with E-state index in [-0.39, 0.29) is 27.7 Å². The van der Waals surface area contributed by atoms with Crippen molar-refractivity contribution in [3.63, 3.8) is 0 Å². The van der Waals surface area contributed by atoms with Crippen molar-refractivity contribution in [3.05, 3.63) is 56.1 Å². The van der Waals surface area contributed by atoms with Gasteiger partial charge in [-0.3, -0.25) is 14.6 Å². The SMILES string of the molecule is CCCCc1nc2[nH]c(=O)cc(NC(=O)c3ccc(Cl)cc3Cl)n2n1. The lowest BCUT2D eigenvalue weighted by molar-refractivity contribution is 0.102. The Labute approximate surface area is 153 Å². The molecule has 7 nitrogen and oxygen atoms in total. The summed E-state index contributed by atoms with van der Waals surface area (Å²) in [6.45, 7) is 2.07. The van der Waals surface area contributed by atoms with Gasteiger partial charge in [0.15, 0.2) is 5.82 Å². The second kappa shape index (κ2) is 7.25. The number of aromatic nitrogens is 4. The average Bonchev–Trinajstić information content (AvgIpc) is 2.95. The number of hydrogen-bond acceptors (Lipinski definition) is 4. The van der Waals surface area contributed by atoms with Gasteiger partial charge in [-0.2, -0.15) is 9.50 Å². The van der Waals surface area contributed by atoms with E-state index in [1.807, 2.05) is 0 Å². The highest BCUT2D eigenvalue weighted by Crippen LogP contribution is 2.22. The smallest absolute Gasteiger partial charge is 0.258 e. The molecule has 2 heterocycles. The maximum atomic E-state index is 12.5. The first-order chi connectivity index (χ1) is 12.0. The zero-order chi connectivity index (χ0) is 18.0. The predicted molar refractivity (Wildman–Crippen MR) is 96.6 cm³/mol. The van der Waals surface area contributed by atoms with Gasteiger partial charge in [-0.15, -0.1) is 5.10 Å². The van der Waals surface area contributed by atoms with Crippen LogP contribution in [0.25, 0.3) is 5.78 Å². The Kier molecular flexibility index (Phi) is 5.06. The molecule has 0 aliphatic heterocycles. The Morgan fingerprint density at radius 2 is 2.12 bits per heavy atom. The molecule has 0 spiro atoms. The Balaban J connectivity index is 1.95. The Morgan fingerprint density at radius 3 is 2.84 bits per heavy atom. The van der Waals surface area contributed by atoms with Crippen LogP contribution in [-0.2, 0) is 6.42 Å². The average molecular weight is 380 g/mol. The number of rotatable bonds is 5. The standard InChI is InChI=1S/C16H15Cl2N5O2/c1-2-3-4-12-19-16-21-14(24)8-13(23(16)22-12)20-15(25)10-6-5-9(17)7-11(10)18/h5-8H,2-4H2,1H3,(H,20,25)(H,19,21,22,24). The van der Waals surface area contributed by atoms with Crippen molar-refractivity contribution in [2.45, 2.75) is 26.2 Å². The summed E-state index contributed by atoms with van der Waals surface area (Å²) in [6, 6.07) is 5.79. The fourth-order valence-corrected chi connectivity index (χ4v) is 2.82. The van der Waals surface area contributed by atoms with E-state index in [0.29, 0.717) is 17.3 Å². The summed E-state index contributed by atoms with van der Waals surface area (Å²) in [7, 11) is 0. The second-order valence-corrected chi connectivity index (χ2v) is 6.31. The number of carbonyl (C=O) groups is 1. The second-order valence-electron chi connectivity index (χ2n) is 5.46. The number of aryl methyl sites for hydroxylation is 1. The molecule has 9 heteroatoms. The van der Waals surface area contributed by atoms with E-state index >= 15 is 0 Å². The number of H-pyrrole nitrogens is 1. The third-order valence-corrected chi connectivity index (χ3v) is 4.10. The molecule has 0 aliphatic rings. The lowest BCUT2D eigenvalue weighted by Crippen LogP contribution is -2.19. The van der Waals surface area contributed by atoms with Crippen LogP contribution in [0.2, 0.25) is 10.0 Å². The van der Waals surface area contributed by atoms with Crippen LogP contribution in [-0.4, -0.2) is 25.5 Å². The summed E-state index contributed by atoms with van der Waals surface area (Å²) in [4.78, 5) is 31.2. The van der Waals surface area contributed by atoms with Crippen LogP contribution in [0.4, 0.5) is 5.82 Å². The molecular weight excluding hydrogens is 365 g/mol. The minimum absolute atomic E-state index is 0.213. The van der Waals surface area contributed by atoms with Gasteiger partial charge in [0.2, 0.25) is 5.78 Å². The van der Waals surface area contributed by atoms with Gasteiger partial charge >= 0.3 is 0 Å². The van der Waals surface area contributed by atoms with E-state index in [9.17, 15) is 9.59 Å². The number of hydrogen-bond donors (Lipinski definition) is 2. The van der Waals surface area contributed by atoms with E-state index in [1.54, 1.807) is 6.07 Å². The van der Waals surface area contributed by atoms with E-state index in [4.69, 9.17) is 23.2 Å². The molecule has 0 saturated heterocycles. The number of amides is 1. The summed E-state index contributed by atoms with van der Waals surface area (Å²) in [5.74, 6) is 0.615. The Morgan fingerprint density at radius 1 is 1.32 bits per heavy atom. The van der Waals surface area contributed by atoms with Gasteiger partial charge in [0.25, 0.3) is 11.5 Å². The summed E-state index contributed by atoms with van der Waals surface area (Å²) >= 11 is 11.9. The predicted octanol–water partition coefficient (Wildman–Crippen LogP) is 3.32. The highest BCUT2D eigenvalue weighted by Gasteiger charge is 2.15. The van der Waals surface area contributed by atoms with Crippen molar-refractivity contribution in [1.82, 2.24) is 19.6 Å². The molecule has 2 N–H and O–H groups in total. The van der Waals surface area contributed by atoms with Gasteiger partial charge in [0.05, 0.1) is 10.6 Å². The molecule has 130 valence electrons. The number of benzene rings is 1. The molecule has 25 heavy (non-hydrogen) atoms. The number of nitrogens with one attached hydrogen (secondary N) is 2. The van der Waals surface area contributed by atoms with Gasteiger partial charge in [-0.05, 0) is 24.6 Å². The molecule has 0 unspecified atom stereocenters. The summed E-state index contributed by atoms with van der Waals surface area (Å²) < 4.78 is 1.40. The lowest BCUT2D eigenvalue weighted by Gasteiger charge is -2.07. The number of unbranched alkanes of at least 4 members (excludes halogenated alkanes) is 1. The molecule has 0 atom stereocenters. The number of anilines is 1. The maximum absolute atomic E-state index is 12.5. The monoisotopic (exact) mass is 379 g/mol. The van der Waals surface area contributed by atoms with Crippen molar-refractivity contribution in [2.75, 3.05) is 5.32 Å². The third-order valence-electron chi connectivity index (χ3n) is 3.55. The minimum atomic E-state index is -0.473. The van der Waals surface area contributed by atoms with Gasteiger partial charge in [-0.1, -0.05) is 36.5 Å². The van der Waals surface area contributed by atoms with Gasteiger partial charge in [0, 0.05) is 17.5 Å². The Bertz CT molecular complexity index is 996. The van der Waals surface area contributed by atoms with E-state index in [1.165, 1.54) is 22.7 Å². The molecule has 3 aromatic rings. The number of halogens is 2. The van der Waals surface area contributed by atoms with Crippen molar-refractivity contribution < 1.29 is 4.79 Å². The molecule has 0 saturated carbocycles. The quantitative estimate of drug-likeness (QED) is 0.710. The molecule has 0 aliphatic carbocycles. The van der Waals surface area contributed by atoms with Crippen LogP contribution in [0.1, 0.15) is 35.9 Å². The number of carbonyl (C=O) groups excluding carboxylic acids is 1. The zero-order valence-electron chi connectivity index (χ0n) is 13.3. The fourth-order valence-electron chi connectivity index (χ4n) is 2.32. The van der Waals surface area contributed by atoms with Crippen LogP contribution in [0.15, 0.2) is 29.1 Å². The number of fused-ring (bicyclic) bond motifs is 1. The first kappa shape index (κ1) is 17.4. The van der Waals surface area contributed by atoms with Crippen molar-refractivity contribution in [1.29, 1.82) is 0 Å².